The molecule has 0 aliphatic heterocycles. The van der Waals surface area contributed by atoms with Crippen molar-refractivity contribution in [2.24, 2.45) is 5.92 Å². The molecule has 1 rings (SSSR count). The van der Waals surface area contributed by atoms with Crippen LogP contribution >= 0.6 is 11.6 Å². The van der Waals surface area contributed by atoms with Crippen molar-refractivity contribution in [3.63, 3.8) is 0 Å². The van der Waals surface area contributed by atoms with Gasteiger partial charge in [-0.05, 0) is 17.9 Å². The molecular formula is C15H25ClNO2+. The summed E-state index contributed by atoms with van der Waals surface area (Å²) in [7, 11) is 1.70. The van der Waals surface area contributed by atoms with Crippen LogP contribution < -0.4 is 4.57 Å². The van der Waals surface area contributed by atoms with Crippen LogP contribution in [0.1, 0.15) is 19.4 Å². The normalized spacial score (nSPS) is 14.3. The van der Waals surface area contributed by atoms with E-state index in [2.05, 4.69) is 42.9 Å². The van der Waals surface area contributed by atoms with Crippen molar-refractivity contribution in [2.75, 3.05) is 26.2 Å². The number of alkyl halides is 1. The van der Waals surface area contributed by atoms with Crippen molar-refractivity contribution in [3.8, 4) is 0 Å². The van der Waals surface area contributed by atoms with Crippen molar-refractivity contribution in [2.45, 2.75) is 32.9 Å². The van der Waals surface area contributed by atoms with E-state index < -0.39 is 0 Å². The summed E-state index contributed by atoms with van der Waals surface area (Å²) in [6.45, 7) is 6.31. The first-order valence-corrected chi connectivity index (χ1v) is 7.37. The van der Waals surface area contributed by atoms with Crippen molar-refractivity contribution < 1.29 is 14.0 Å². The molecule has 1 aromatic heterocycles. The van der Waals surface area contributed by atoms with Crippen molar-refractivity contribution >= 4 is 11.6 Å². The van der Waals surface area contributed by atoms with Crippen LogP contribution in [-0.4, -0.2) is 32.3 Å². The number of aryl methyl sites for hydroxylation is 1. The lowest BCUT2D eigenvalue weighted by atomic mass is 10.2. The van der Waals surface area contributed by atoms with E-state index in [9.17, 15) is 0 Å². The summed E-state index contributed by atoms with van der Waals surface area (Å²) in [5, 5.41) is 0. The quantitative estimate of drug-likeness (QED) is 0.514. The SMILES string of the molecule is CCc1cc[n+](CC(COC)OCC(C)CCl)cc1. The predicted octanol–water partition coefficient (Wildman–Crippen LogP) is 2.44. The van der Waals surface area contributed by atoms with Crippen LogP contribution in [0.3, 0.4) is 0 Å². The fourth-order valence-corrected chi connectivity index (χ4v) is 1.85. The van der Waals surface area contributed by atoms with Crippen LogP contribution in [0.5, 0.6) is 0 Å². The van der Waals surface area contributed by atoms with Crippen LogP contribution in [0, 0.1) is 5.92 Å². The second-order valence-corrected chi connectivity index (χ2v) is 5.24. The molecule has 4 heteroatoms. The third-order valence-electron chi connectivity index (χ3n) is 3.02. The van der Waals surface area contributed by atoms with E-state index in [-0.39, 0.29) is 6.10 Å². The second kappa shape index (κ2) is 9.29. The van der Waals surface area contributed by atoms with Gasteiger partial charge in [-0.3, -0.25) is 0 Å². The Bertz CT molecular complexity index is 343. The number of pyridine rings is 1. The number of hydrogen-bond donors (Lipinski definition) is 0. The van der Waals surface area contributed by atoms with Crippen LogP contribution in [0.25, 0.3) is 0 Å². The highest BCUT2D eigenvalue weighted by atomic mass is 35.5. The molecule has 1 aromatic rings. The average molecular weight is 287 g/mol. The molecule has 2 unspecified atom stereocenters. The van der Waals surface area contributed by atoms with Gasteiger partial charge in [-0.1, -0.05) is 13.8 Å². The Hall–Kier alpha value is -0.640. The lowest BCUT2D eigenvalue weighted by Gasteiger charge is -2.16. The summed E-state index contributed by atoms with van der Waals surface area (Å²) in [6, 6.07) is 4.29. The maximum absolute atomic E-state index is 5.87. The molecule has 0 bridgehead atoms. The fourth-order valence-electron chi connectivity index (χ4n) is 1.77. The van der Waals surface area contributed by atoms with Crippen molar-refractivity contribution in [3.05, 3.63) is 30.1 Å². The first-order chi connectivity index (χ1) is 9.19. The van der Waals surface area contributed by atoms with Gasteiger partial charge in [0.2, 0.25) is 0 Å². The molecule has 0 aliphatic rings. The monoisotopic (exact) mass is 286 g/mol. The van der Waals surface area contributed by atoms with E-state index in [1.54, 1.807) is 7.11 Å². The van der Waals surface area contributed by atoms with Crippen LogP contribution in [0.2, 0.25) is 0 Å². The summed E-state index contributed by atoms with van der Waals surface area (Å²) in [4.78, 5) is 0. The molecule has 0 saturated carbocycles. The highest BCUT2D eigenvalue weighted by Crippen LogP contribution is 2.03. The predicted molar refractivity (Wildman–Crippen MR) is 77.5 cm³/mol. The Kier molecular flexibility index (Phi) is 8.03. The van der Waals surface area contributed by atoms with E-state index in [1.807, 2.05) is 0 Å². The van der Waals surface area contributed by atoms with Gasteiger partial charge in [0.05, 0.1) is 13.2 Å². The topological polar surface area (TPSA) is 22.3 Å². The number of hydrogen-bond acceptors (Lipinski definition) is 2. The first kappa shape index (κ1) is 16.4. The molecule has 0 saturated heterocycles. The van der Waals surface area contributed by atoms with E-state index in [4.69, 9.17) is 21.1 Å². The lowest BCUT2D eigenvalue weighted by Crippen LogP contribution is -2.42. The van der Waals surface area contributed by atoms with Gasteiger partial charge in [0.15, 0.2) is 18.9 Å². The van der Waals surface area contributed by atoms with E-state index >= 15 is 0 Å². The van der Waals surface area contributed by atoms with Gasteiger partial charge in [-0.25, -0.2) is 4.57 Å². The highest BCUT2D eigenvalue weighted by molar-refractivity contribution is 6.18. The van der Waals surface area contributed by atoms with Crippen LogP contribution in [-0.2, 0) is 22.4 Å². The minimum Gasteiger partial charge on any atom is -0.382 e. The van der Waals surface area contributed by atoms with Crippen LogP contribution in [0.15, 0.2) is 24.5 Å². The van der Waals surface area contributed by atoms with Crippen molar-refractivity contribution in [1.29, 1.82) is 0 Å². The Morgan fingerprint density at radius 1 is 1.26 bits per heavy atom. The van der Waals surface area contributed by atoms with Gasteiger partial charge in [0.25, 0.3) is 0 Å². The summed E-state index contributed by atoms with van der Waals surface area (Å²) in [5.41, 5.74) is 1.34. The zero-order valence-corrected chi connectivity index (χ0v) is 12.9. The molecular weight excluding hydrogens is 262 g/mol. The lowest BCUT2D eigenvalue weighted by molar-refractivity contribution is -0.704. The highest BCUT2D eigenvalue weighted by Gasteiger charge is 2.16. The van der Waals surface area contributed by atoms with Gasteiger partial charge in [-0.15, -0.1) is 11.6 Å². The molecule has 2 atom stereocenters. The van der Waals surface area contributed by atoms with Gasteiger partial charge in [0, 0.05) is 25.1 Å². The van der Waals surface area contributed by atoms with E-state index in [0.717, 1.165) is 13.0 Å². The summed E-state index contributed by atoms with van der Waals surface area (Å²) in [6.07, 6.45) is 5.31. The number of rotatable bonds is 9. The first-order valence-electron chi connectivity index (χ1n) is 6.84. The molecule has 0 spiro atoms. The van der Waals surface area contributed by atoms with Gasteiger partial charge in [-0.2, -0.15) is 0 Å². The average Bonchev–Trinajstić information content (AvgIpc) is 2.45. The Morgan fingerprint density at radius 3 is 2.47 bits per heavy atom. The molecule has 1 heterocycles. The Morgan fingerprint density at radius 2 is 1.95 bits per heavy atom. The van der Waals surface area contributed by atoms with Gasteiger partial charge < -0.3 is 9.47 Å². The minimum atomic E-state index is 0.0631. The maximum Gasteiger partial charge on any atom is 0.176 e. The number of methoxy groups -OCH3 is 1. The molecule has 19 heavy (non-hydrogen) atoms. The summed E-state index contributed by atoms with van der Waals surface area (Å²) in [5.74, 6) is 0.992. The molecule has 108 valence electrons. The maximum atomic E-state index is 5.87. The van der Waals surface area contributed by atoms with Crippen molar-refractivity contribution in [1.82, 2.24) is 0 Å². The smallest absolute Gasteiger partial charge is 0.176 e. The molecule has 0 aliphatic carbocycles. The van der Waals surface area contributed by atoms with Crippen LogP contribution in [0.4, 0.5) is 0 Å². The number of aromatic nitrogens is 1. The van der Waals surface area contributed by atoms with Gasteiger partial charge >= 0.3 is 0 Å². The number of ether oxygens (including phenoxy) is 2. The van der Waals surface area contributed by atoms with E-state index in [1.165, 1.54) is 5.56 Å². The standard InChI is InChI=1S/C15H25ClNO2/c1-4-14-5-7-17(8-6-14)10-15(12-18-3)19-11-13(2)9-16/h5-8,13,15H,4,9-12H2,1-3H3/q+1. The fraction of sp³-hybridized carbons (Fsp3) is 0.667. The van der Waals surface area contributed by atoms with E-state index in [0.29, 0.717) is 25.0 Å². The third-order valence-corrected chi connectivity index (χ3v) is 3.54. The molecule has 0 amide bonds. The second-order valence-electron chi connectivity index (χ2n) is 4.93. The Labute approximate surface area is 121 Å². The zero-order valence-electron chi connectivity index (χ0n) is 12.1. The number of halogens is 1. The number of nitrogens with zero attached hydrogens (tertiary/aromatic N) is 1. The molecule has 0 fully saturated rings. The Balaban J connectivity index is 2.51. The largest absolute Gasteiger partial charge is 0.382 e. The molecule has 0 radical (unpaired) electrons. The summed E-state index contributed by atoms with van der Waals surface area (Å²) < 4.78 is 13.2. The third kappa shape index (κ3) is 6.37. The minimum absolute atomic E-state index is 0.0631. The molecule has 0 N–H and O–H groups in total. The summed E-state index contributed by atoms with van der Waals surface area (Å²) >= 11 is 5.79. The zero-order chi connectivity index (χ0) is 14.1. The van der Waals surface area contributed by atoms with Gasteiger partial charge in [0.1, 0.15) is 6.10 Å². The molecule has 0 aromatic carbocycles. The molecule has 3 nitrogen and oxygen atoms in total.